The second kappa shape index (κ2) is 8.97. The van der Waals surface area contributed by atoms with Crippen LogP contribution in [0.25, 0.3) is 0 Å². The lowest BCUT2D eigenvalue weighted by molar-refractivity contribution is 0.0490. The van der Waals surface area contributed by atoms with Gasteiger partial charge in [0.25, 0.3) is 0 Å². The van der Waals surface area contributed by atoms with Crippen LogP contribution in [-0.4, -0.2) is 39.5 Å². The van der Waals surface area contributed by atoms with Crippen molar-refractivity contribution in [2.75, 3.05) is 33.4 Å². The maximum absolute atomic E-state index is 5.76. The van der Waals surface area contributed by atoms with E-state index < -0.39 is 0 Å². The minimum absolute atomic E-state index is 0.336. The molecule has 0 radical (unpaired) electrons. The summed E-state index contributed by atoms with van der Waals surface area (Å²) in [6, 6.07) is 0. The maximum Gasteiger partial charge on any atom is 0.0671 e. The van der Waals surface area contributed by atoms with Crippen LogP contribution in [-0.2, 0) is 9.47 Å². The first-order valence-corrected chi connectivity index (χ1v) is 6.64. The third-order valence-corrected chi connectivity index (χ3v) is 3.29. The topological polar surface area (TPSA) is 30.5 Å². The molecule has 1 aliphatic rings. The van der Waals surface area contributed by atoms with E-state index in [1.807, 2.05) is 0 Å². The number of hydrogen-bond donors (Lipinski definition) is 1. The summed E-state index contributed by atoms with van der Waals surface area (Å²) in [5.41, 5.74) is 0. The van der Waals surface area contributed by atoms with E-state index in [1.54, 1.807) is 7.11 Å². The first-order chi connectivity index (χ1) is 7.83. The third-order valence-electron chi connectivity index (χ3n) is 3.29. The lowest BCUT2D eigenvalue weighted by Crippen LogP contribution is -2.29. The van der Waals surface area contributed by atoms with Gasteiger partial charge >= 0.3 is 0 Å². The van der Waals surface area contributed by atoms with Gasteiger partial charge in [-0.2, -0.15) is 0 Å². The molecule has 96 valence electrons. The van der Waals surface area contributed by atoms with Crippen molar-refractivity contribution in [1.82, 2.24) is 5.32 Å². The number of rotatable bonds is 10. The Morgan fingerprint density at radius 2 is 2.12 bits per heavy atom. The monoisotopic (exact) mass is 229 g/mol. The van der Waals surface area contributed by atoms with Crippen molar-refractivity contribution < 1.29 is 9.47 Å². The molecule has 0 aromatic heterocycles. The van der Waals surface area contributed by atoms with Gasteiger partial charge in [-0.25, -0.2) is 0 Å². The van der Waals surface area contributed by atoms with Crippen LogP contribution in [0, 0.1) is 5.92 Å². The fraction of sp³-hybridized carbons (Fsp3) is 1.00. The van der Waals surface area contributed by atoms with Crippen LogP contribution in [0.5, 0.6) is 0 Å². The second-order valence-electron chi connectivity index (χ2n) is 4.82. The minimum atomic E-state index is 0.336. The Labute approximate surface area is 99.9 Å². The van der Waals surface area contributed by atoms with Crippen molar-refractivity contribution in [3.05, 3.63) is 0 Å². The minimum Gasteiger partial charge on any atom is -0.385 e. The lowest BCUT2D eigenvalue weighted by atomic mass is 9.83. The van der Waals surface area contributed by atoms with Gasteiger partial charge in [0.1, 0.15) is 0 Å². The predicted molar refractivity (Wildman–Crippen MR) is 66.7 cm³/mol. The molecule has 0 saturated heterocycles. The highest BCUT2D eigenvalue weighted by atomic mass is 16.5. The van der Waals surface area contributed by atoms with E-state index in [1.165, 1.54) is 25.7 Å². The van der Waals surface area contributed by atoms with E-state index in [-0.39, 0.29) is 0 Å². The first kappa shape index (κ1) is 13.9. The molecule has 0 bridgehead atoms. The van der Waals surface area contributed by atoms with Crippen LogP contribution in [0.2, 0.25) is 0 Å². The van der Waals surface area contributed by atoms with Crippen molar-refractivity contribution in [3.8, 4) is 0 Å². The molecule has 1 saturated carbocycles. The highest BCUT2D eigenvalue weighted by molar-refractivity contribution is 4.69. The molecule has 1 atom stereocenters. The standard InChI is InChI=1S/C13H27NO2/c1-12(11-14-8-4-9-15-2)16-10-7-13-5-3-6-13/h12-14H,3-11H2,1-2H3. The molecule has 0 spiro atoms. The second-order valence-corrected chi connectivity index (χ2v) is 4.82. The average Bonchev–Trinajstić information content (AvgIpc) is 2.21. The molecule has 0 aromatic rings. The van der Waals surface area contributed by atoms with Gasteiger partial charge in [-0.3, -0.25) is 0 Å². The zero-order chi connectivity index (χ0) is 11.6. The predicted octanol–water partition coefficient (Wildman–Crippen LogP) is 2.21. The van der Waals surface area contributed by atoms with Crippen molar-refractivity contribution in [2.24, 2.45) is 5.92 Å². The summed E-state index contributed by atoms with van der Waals surface area (Å²) in [4.78, 5) is 0. The fourth-order valence-corrected chi connectivity index (χ4v) is 1.92. The summed E-state index contributed by atoms with van der Waals surface area (Å²) in [7, 11) is 1.74. The SMILES string of the molecule is COCCCNCC(C)OCCC1CCC1. The smallest absolute Gasteiger partial charge is 0.0671 e. The Bertz CT molecular complexity index is 160. The van der Waals surface area contributed by atoms with Crippen molar-refractivity contribution in [3.63, 3.8) is 0 Å². The molecule has 3 nitrogen and oxygen atoms in total. The quantitative estimate of drug-likeness (QED) is 0.583. The molecule has 1 fully saturated rings. The zero-order valence-electron chi connectivity index (χ0n) is 10.8. The lowest BCUT2D eigenvalue weighted by Gasteiger charge is -2.25. The third kappa shape index (κ3) is 6.46. The summed E-state index contributed by atoms with van der Waals surface area (Å²) in [5, 5.41) is 3.38. The van der Waals surface area contributed by atoms with E-state index in [2.05, 4.69) is 12.2 Å². The van der Waals surface area contributed by atoms with Gasteiger partial charge in [0.2, 0.25) is 0 Å². The Morgan fingerprint density at radius 3 is 2.75 bits per heavy atom. The Balaban J connectivity index is 1.80. The highest BCUT2D eigenvalue weighted by Crippen LogP contribution is 2.29. The maximum atomic E-state index is 5.76. The summed E-state index contributed by atoms with van der Waals surface area (Å²) in [5.74, 6) is 0.960. The molecule has 1 unspecified atom stereocenters. The van der Waals surface area contributed by atoms with Gasteiger partial charge in [-0.1, -0.05) is 19.3 Å². The molecular weight excluding hydrogens is 202 g/mol. The zero-order valence-corrected chi connectivity index (χ0v) is 10.8. The van der Waals surface area contributed by atoms with E-state index in [0.717, 1.165) is 38.6 Å². The molecule has 1 rings (SSSR count). The largest absolute Gasteiger partial charge is 0.385 e. The average molecular weight is 229 g/mol. The van der Waals surface area contributed by atoms with Gasteiger partial charge < -0.3 is 14.8 Å². The van der Waals surface area contributed by atoms with Gasteiger partial charge in [-0.15, -0.1) is 0 Å². The summed E-state index contributed by atoms with van der Waals surface area (Å²) < 4.78 is 10.7. The molecule has 0 amide bonds. The summed E-state index contributed by atoms with van der Waals surface area (Å²) in [6.45, 7) is 5.89. The molecule has 1 N–H and O–H groups in total. The molecule has 1 aliphatic carbocycles. The van der Waals surface area contributed by atoms with Gasteiger partial charge in [0, 0.05) is 26.9 Å². The molecule has 16 heavy (non-hydrogen) atoms. The molecule has 3 heteroatoms. The van der Waals surface area contributed by atoms with Gasteiger partial charge in [0.15, 0.2) is 0 Å². The van der Waals surface area contributed by atoms with Crippen LogP contribution in [0.1, 0.15) is 39.0 Å². The van der Waals surface area contributed by atoms with E-state index in [9.17, 15) is 0 Å². The van der Waals surface area contributed by atoms with Crippen molar-refractivity contribution in [2.45, 2.75) is 45.1 Å². The Kier molecular flexibility index (Phi) is 7.81. The van der Waals surface area contributed by atoms with E-state index in [4.69, 9.17) is 9.47 Å². The number of hydrogen-bond acceptors (Lipinski definition) is 3. The van der Waals surface area contributed by atoms with E-state index in [0.29, 0.717) is 6.10 Å². The molecule has 0 heterocycles. The first-order valence-electron chi connectivity index (χ1n) is 6.64. The molecular formula is C13H27NO2. The number of nitrogens with one attached hydrogen (secondary N) is 1. The van der Waals surface area contributed by atoms with Gasteiger partial charge in [-0.05, 0) is 32.2 Å². The van der Waals surface area contributed by atoms with Gasteiger partial charge in [0.05, 0.1) is 6.10 Å². The van der Waals surface area contributed by atoms with Crippen LogP contribution >= 0.6 is 0 Å². The summed E-state index contributed by atoms with van der Waals surface area (Å²) >= 11 is 0. The van der Waals surface area contributed by atoms with Crippen LogP contribution < -0.4 is 5.32 Å². The van der Waals surface area contributed by atoms with E-state index >= 15 is 0 Å². The molecule has 0 aliphatic heterocycles. The number of ether oxygens (including phenoxy) is 2. The number of methoxy groups -OCH3 is 1. The Morgan fingerprint density at radius 1 is 1.31 bits per heavy atom. The van der Waals surface area contributed by atoms with Crippen LogP contribution in [0.3, 0.4) is 0 Å². The normalized spacial score (nSPS) is 18.4. The molecule has 0 aromatic carbocycles. The van der Waals surface area contributed by atoms with Crippen LogP contribution in [0.15, 0.2) is 0 Å². The Hall–Kier alpha value is -0.120. The van der Waals surface area contributed by atoms with Crippen molar-refractivity contribution >= 4 is 0 Å². The fourth-order valence-electron chi connectivity index (χ4n) is 1.92. The summed E-state index contributed by atoms with van der Waals surface area (Å²) in [6.07, 6.45) is 6.95. The van der Waals surface area contributed by atoms with Crippen molar-refractivity contribution in [1.29, 1.82) is 0 Å². The van der Waals surface area contributed by atoms with Crippen LogP contribution in [0.4, 0.5) is 0 Å². The highest BCUT2D eigenvalue weighted by Gasteiger charge is 2.16.